The quantitative estimate of drug-likeness (QED) is 0.432. The van der Waals surface area contributed by atoms with Gasteiger partial charge in [-0.3, -0.25) is 24.1 Å². The first kappa shape index (κ1) is 18.1. The van der Waals surface area contributed by atoms with Crippen molar-refractivity contribution in [3.8, 4) is 6.07 Å². The number of hydrogen-bond donors (Lipinski definition) is 1. The molecule has 0 aromatic rings. The molecule has 8 nitrogen and oxygen atoms in total. The number of hydrogen-bond acceptors (Lipinski definition) is 6. The average Bonchev–Trinajstić information content (AvgIpc) is 3.20. The van der Waals surface area contributed by atoms with Crippen LogP contribution >= 0.6 is 0 Å². The van der Waals surface area contributed by atoms with Gasteiger partial charge in [0.15, 0.2) is 6.61 Å². The largest absolute Gasteiger partial charge is 0.454 e. The molecule has 0 unspecified atom stereocenters. The van der Waals surface area contributed by atoms with Crippen LogP contribution in [0.25, 0.3) is 0 Å². The van der Waals surface area contributed by atoms with Gasteiger partial charge in [-0.2, -0.15) is 5.26 Å². The number of amides is 3. The van der Waals surface area contributed by atoms with E-state index in [0.717, 1.165) is 17.7 Å². The fourth-order valence-corrected chi connectivity index (χ4v) is 3.89. The van der Waals surface area contributed by atoms with Gasteiger partial charge in [0.2, 0.25) is 11.8 Å². The Bertz CT molecular complexity index is 676. The number of allylic oxidation sites excluding steroid dienone is 2. The number of carbonyl (C=O) groups excluding carboxylic acids is 4. The summed E-state index contributed by atoms with van der Waals surface area (Å²) in [5.74, 6) is -2.90. The molecule has 3 aliphatic rings. The van der Waals surface area contributed by atoms with Gasteiger partial charge in [-0.05, 0) is 38.5 Å². The number of imide groups is 1. The van der Waals surface area contributed by atoms with E-state index in [1.165, 1.54) is 0 Å². The van der Waals surface area contributed by atoms with Gasteiger partial charge in [0.05, 0.1) is 17.9 Å². The molecule has 3 rings (SSSR count). The van der Waals surface area contributed by atoms with Crippen molar-refractivity contribution in [2.45, 2.75) is 44.1 Å². The number of esters is 1. The Balaban J connectivity index is 1.49. The zero-order valence-electron chi connectivity index (χ0n) is 14.4. The minimum atomic E-state index is -0.882. The SMILES string of the molecule is N#CC1(NC(=O)COC(=O)CN2C(=O)[C@H]3CC=CC[C@H]3C2=O)CCCC1. The monoisotopic (exact) mass is 359 g/mol. The summed E-state index contributed by atoms with van der Waals surface area (Å²) in [5, 5.41) is 11.8. The first-order chi connectivity index (χ1) is 12.5. The molecule has 8 heteroatoms. The number of rotatable bonds is 5. The van der Waals surface area contributed by atoms with Gasteiger partial charge in [-0.15, -0.1) is 0 Å². The number of nitriles is 1. The maximum absolute atomic E-state index is 12.3. The standard InChI is InChI=1S/C18H21N3O5/c19-11-18(7-3-4-8-18)20-14(22)10-26-15(23)9-21-16(24)12-5-1-2-6-13(12)17(21)25/h1-2,12-13H,3-10H2,(H,20,22)/t12-,13+. The highest BCUT2D eigenvalue weighted by atomic mass is 16.5. The zero-order chi connectivity index (χ0) is 18.7. The van der Waals surface area contributed by atoms with Crippen LogP contribution in [0.1, 0.15) is 38.5 Å². The fraction of sp³-hybridized carbons (Fsp3) is 0.611. The molecule has 0 aromatic heterocycles. The lowest BCUT2D eigenvalue weighted by molar-refractivity contribution is -0.155. The summed E-state index contributed by atoms with van der Waals surface area (Å²) in [6.07, 6.45) is 7.62. The van der Waals surface area contributed by atoms with Crippen molar-refractivity contribution in [3.05, 3.63) is 12.2 Å². The van der Waals surface area contributed by atoms with E-state index < -0.39 is 42.4 Å². The van der Waals surface area contributed by atoms with Crippen LogP contribution < -0.4 is 5.32 Å². The van der Waals surface area contributed by atoms with Crippen LogP contribution in [0.4, 0.5) is 0 Å². The summed E-state index contributed by atoms with van der Waals surface area (Å²) < 4.78 is 4.89. The van der Waals surface area contributed by atoms with Gasteiger partial charge in [0, 0.05) is 0 Å². The Morgan fingerprint density at radius 1 is 1.19 bits per heavy atom. The Labute approximate surface area is 151 Å². The van der Waals surface area contributed by atoms with E-state index in [0.29, 0.717) is 25.7 Å². The van der Waals surface area contributed by atoms with E-state index in [1.54, 1.807) is 0 Å². The van der Waals surface area contributed by atoms with Gasteiger partial charge in [-0.25, -0.2) is 0 Å². The van der Waals surface area contributed by atoms with Gasteiger partial charge in [-0.1, -0.05) is 12.2 Å². The van der Waals surface area contributed by atoms with E-state index in [2.05, 4.69) is 11.4 Å². The summed E-state index contributed by atoms with van der Waals surface area (Å²) in [5.41, 5.74) is -0.882. The van der Waals surface area contributed by atoms with E-state index in [9.17, 15) is 24.4 Å². The molecule has 0 aromatic carbocycles. The lowest BCUT2D eigenvalue weighted by Gasteiger charge is -2.22. The van der Waals surface area contributed by atoms with Crippen LogP contribution in [-0.4, -0.2) is 47.3 Å². The highest BCUT2D eigenvalue weighted by Gasteiger charge is 2.47. The molecule has 1 N–H and O–H groups in total. The fourth-order valence-electron chi connectivity index (χ4n) is 3.89. The molecule has 26 heavy (non-hydrogen) atoms. The summed E-state index contributed by atoms with van der Waals surface area (Å²) in [7, 11) is 0. The summed E-state index contributed by atoms with van der Waals surface area (Å²) in [6.45, 7) is -1.02. The lowest BCUT2D eigenvalue weighted by atomic mass is 9.85. The van der Waals surface area contributed by atoms with Gasteiger partial charge < -0.3 is 10.1 Å². The van der Waals surface area contributed by atoms with Crippen molar-refractivity contribution in [3.63, 3.8) is 0 Å². The van der Waals surface area contributed by atoms with Crippen LogP contribution in [0.3, 0.4) is 0 Å². The van der Waals surface area contributed by atoms with E-state index >= 15 is 0 Å². The third-order valence-electron chi connectivity index (χ3n) is 5.30. The van der Waals surface area contributed by atoms with Crippen LogP contribution in [0.15, 0.2) is 12.2 Å². The number of nitrogens with zero attached hydrogens (tertiary/aromatic N) is 2. The maximum atomic E-state index is 12.3. The van der Waals surface area contributed by atoms with Crippen molar-refractivity contribution in [1.29, 1.82) is 5.26 Å². The van der Waals surface area contributed by atoms with E-state index in [4.69, 9.17) is 4.74 Å². The molecule has 0 spiro atoms. The number of fused-ring (bicyclic) bond motifs is 1. The maximum Gasteiger partial charge on any atom is 0.326 e. The summed E-state index contributed by atoms with van der Waals surface area (Å²) >= 11 is 0. The predicted octanol–water partition coefficient (Wildman–Crippen LogP) is 0.433. The minimum Gasteiger partial charge on any atom is -0.454 e. The summed E-state index contributed by atoms with van der Waals surface area (Å²) in [4.78, 5) is 49.4. The minimum absolute atomic E-state index is 0.361. The molecule has 1 aliphatic heterocycles. The number of likely N-dealkylation sites (tertiary alicyclic amines) is 1. The van der Waals surface area contributed by atoms with Gasteiger partial charge in [0.25, 0.3) is 5.91 Å². The lowest BCUT2D eigenvalue weighted by Crippen LogP contribution is -2.47. The molecule has 138 valence electrons. The van der Waals surface area contributed by atoms with Crippen LogP contribution in [0, 0.1) is 23.2 Å². The number of carbonyl (C=O) groups is 4. The second-order valence-corrected chi connectivity index (χ2v) is 7.03. The number of nitrogens with one attached hydrogen (secondary N) is 1. The third-order valence-corrected chi connectivity index (χ3v) is 5.30. The first-order valence-electron chi connectivity index (χ1n) is 8.84. The normalized spacial score (nSPS) is 26.3. The first-order valence-corrected chi connectivity index (χ1v) is 8.84. The molecular formula is C18H21N3O5. The van der Waals surface area contributed by atoms with Crippen molar-refractivity contribution >= 4 is 23.7 Å². The summed E-state index contributed by atoms with van der Waals surface area (Å²) in [6, 6.07) is 2.12. The second-order valence-electron chi connectivity index (χ2n) is 7.03. The molecule has 2 atom stereocenters. The van der Waals surface area contributed by atoms with Crippen LogP contribution in [0.2, 0.25) is 0 Å². The molecule has 2 aliphatic carbocycles. The van der Waals surface area contributed by atoms with Crippen molar-refractivity contribution < 1.29 is 23.9 Å². The predicted molar refractivity (Wildman–Crippen MR) is 88.0 cm³/mol. The average molecular weight is 359 g/mol. The molecule has 1 saturated carbocycles. The molecule has 3 amide bonds. The Hall–Kier alpha value is -2.69. The van der Waals surface area contributed by atoms with Gasteiger partial charge in [0.1, 0.15) is 12.1 Å². The highest BCUT2D eigenvalue weighted by molar-refractivity contribution is 6.07. The smallest absolute Gasteiger partial charge is 0.326 e. The Morgan fingerprint density at radius 3 is 2.31 bits per heavy atom. The van der Waals surface area contributed by atoms with Crippen molar-refractivity contribution in [2.24, 2.45) is 11.8 Å². The molecular weight excluding hydrogens is 338 g/mol. The molecule has 0 bridgehead atoms. The Morgan fingerprint density at radius 2 is 1.77 bits per heavy atom. The van der Waals surface area contributed by atoms with E-state index in [-0.39, 0.29) is 11.8 Å². The van der Waals surface area contributed by atoms with Crippen molar-refractivity contribution in [1.82, 2.24) is 10.2 Å². The topological polar surface area (TPSA) is 117 Å². The van der Waals surface area contributed by atoms with Crippen molar-refractivity contribution in [2.75, 3.05) is 13.2 Å². The number of ether oxygens (including phenoxy) is 1. The third kappa shape index (κ3) is 3.47. The molecule has 1 saturated heterocycles. The molecule has 1 heterocycles. The van der Waals surface area contributed by atoms with E-state index in [1.807, 2.05) is 12.2 Å². The molecule has 0 radical (unpaired) electrons. The second kappa shape index (κ2) is 7.28. The zero-order valence-corrected chi connectivity index (χ0v) is 14.4. The molecule has 2 fully saturated rings. The van der Waals surface area contributed by atoms with Crippen LogP contribution in [-0.2, 0) is 23.9 Å². The Kier molecular flexibility index (Phi) is 5.07. The van der Waals surface area contributed by atoms with Crippen LogP contribution in [0.5, 0.6) is 0 Å². The van der Waals surface area contributed by atoms with Gasteiger partial charge >= 0.3 is 5.97 Å². The highest BCUT2D eigenvalue weighted by Crippen LogP contribution is 2.34.